The van der Waals surface area contributed by atoms with E-state index < -0.39 is 0 Å². The van der Waals surface area contributed by atoms with Gasteiger partial charge in [0.2, 0.25) is 0 Å². The molecule has 4 heteroatoms. The van der Waals surface area contributed by atoms with Gasteiger partial charge in [0.05, 0.1) is 14.2 Å². The van der Waals surface area contributed by atoms with Gasteiger partial charge in [-0.2, -0.15) is 0 Å². The highest BCUT2D eigenvalue weighted by Gasteiger charge is 2.07. The number of phenolic OH excluding ortho intramolecular Hbond substituents is 1. The summed E-state index contributed by atoms with van der Waals surface area (Å²) >= 11 is 0. The summed E-state index contributed by atoms with van der Waals surface area (Å²) in [6, 6.07) is 9.43. The van der Waals surface area contributed by atoms with Crippen molar-refractivity contribution >= 4 is 5.69 Å². The SMILES string of the molecule is COc1ccc(OC)c(CNc2cc(C)c(O)cc2C)c1. The molecule has 0 spiro atoms. The second-order valence-electron chi connectivity index (χ2n) is 4.98. The molecule has 0 fully saturated rings. The monoisotopic (exact) mass is 287 g/mol. The van der Waals surface area contributed by atoms with E-state index in [1.54, 1.807) is 20.3 Å². The number of hydrogen-bond donors (Lipinski definition) is 2. The molecule has 0 aliphatic carbocycles. The third-order valence-corrected chi connectivity index (χ3v) is 3.50. The van der Waals surface area contributed by atoms with Crippen LogP contribution in [0.3, 0.4) is 0 Å². The molecule has 0 aliphatic rings. The Bertz CT molecular complexity index is 638. The van der Waals surface area contributed by atoms with Gasteiger partial charge >= 0.3 is 0 Å². The third kappa shape index (κ3) is 3.40. The largest absolute Gasteiger partial charge is 0.508 e. The van der Waals surface area contributed by atoms with Gasteiger partial charge in [0.25, 0.3) is 0 Å². The smallest absolute Gasteiger partial charge is 0.124 e. The Kier molecular flexibility index (Phi) is 4.58. The molecule has 0 saturated heterocycles. The van der Waals surface area contributed by atoms with Crippen LogP contribution in [0.5, 0.6) is 17.2 Å². The number of rotatable bonds is 5. The number of phenols is 1. The van der Waals surface area contributed by atoms with E-state index in [0.29, 0.717) is 12.3 Å². The summed E-state index contributed by atoms with van der Waals surface area (Å²) in [4.78, 5) is 0. The maximum atomic E-state index is 9.70. The van der Waals surface area contributed by atoms with Gasteiger partial charge in [-0.1, -0.05) is 0 Å². The molecule has 21 heavy (non-hydrogen) atoms. The molecule has 4 nitrogen and oxygen atoms in total. The average Bonchev–Trinajstić information content (AvgIpc) is 2.49. The first-order valence-corrected chi connectivity index (χ1v) is 6.80. The predicted octanol–water partition coefficient (Wildman–Crippen LogP) is 3.64. The Morgan fingerprint density at radius 3 is 2.43 bits per heavy atom. The minimum atomic E-state index is 0.317. The zero-order valence-corrected chi connectivity index (χ0v) is 12.9. The molecule has 0 aliphatic heterocycles. The van der Waals surface area contributed by atoms with Gasteiger partial charge in [-0.3, -0.25) is 0 Å². The fourth-order valence-electron chi connectivity index (χ4n) is 2.20. The lowest BCUT2D eigenvalue weighted by Gasteiger charge is -2.14. The van der Waals surface area contributed by atoms with Crippen molar-refractivity contribution in [3.05, 3.63) is 47.0 Å². The van der Waals surface area contributed by atoms with Crippen LogP contribution >= 0.6 is 0 Å². The molecule has 0 bridgehead atoms. The summed E-state index contributed by atoms with van der Waals surface area (Å²) < 4.78 is 10.6. The first kappa shape index (κ1) is 15.0. The molecule has 0 atom stereocenters. The van der Waals surface area contributed by atoms with Gasteiger partial charge in [0.1, 0.15) is 17.2 Å². The van der Waals surface area contributed by atoms with E-state index in [1.165, 1.54) is 0 Å². The molecular formula is C17H21NO3. The lowest BCUT2D eigenvalue weighted by atomic mass is 10.1. The van der Waals surface area contributed by atoms with Gasteiger partial charge < -0.3 is 19.9 Å². The first-order valence-electron chi connectivity index (χ1n) is 6.80. The quantitative estimate of drug-likeness (QED) is 0.824. The second kappa shape index (κ2) is 6.39. The minimum Gasteiger partial charge on any atom is -0.508 e. The van der Waals surface area contributed by atoms with E-state index in [-0.39, 0.29) is 0 Å². The van der Waals surface area contributed by atoms with Crippen LogP contribution in [0.25, 0.3) is 0 Å². The van der Waals surface area contributed by atoms with Crippen molar-refractivity contribution in [2.45, 2.75) is 20.4 Å². The van der Waals surface area contributed by atoms with Crippen LogP contribution in [0, 0.1) is 13.8 Å². The van der Waals surface area contributed by atoms with E-state index in [0.717, 1.165) is 33.9 Å². The highest BCUT2D eigenvalue weighted by atomic mass is 16.5. The highest BCUT2D eigenvalue weighted by molar-refractivity contribution is 5.57. The van der Waals surface area contributed by atoms with E-state index in [1.807, 2.05) is 38.1 Å². The summed E-state index contributed by atoms with van der Waals surface area (Å²) in [7, 11) is 3.30. The number of aryl methyl sites for hydroxylation is 2. The molecule has 0 saturated carbocycles. The normalized spacial score (nSPS) is 10.3. The van der Waals surface area contributed by atoms with Gasteiger partial charge in [-0.25, -0.2) is 0 Å². The standard InChI is InChI=1S/C17H21NO3/c1-11-8-16(19)12(2)7-15(11)18-10-13-9-14(20-3)5-6-17(13)21-4/h5-9,18-19H,10H2,1-4H3. The van der Waals surface area contributed by atoms with Crippen molar-refractivity contribution in [2.24, 2.45) is 0 Å². The van der Waals surface area contributed by atoms with E-state index in [2.05, 4.69) is 5.32 Å². The fourth-order valence-corrected chi connectivity index (χ4v) is 2.20. The van der Waals surface area contributed by atoms with E-state index in [9.17, 15) is 5.11 Å². The molecule has 0 unspecified atom stereocenters. The number of benzene rings is 2. The average molecular weight is 287 g/mol. The minimum absolute atomic E-state index is 0.317. The molecule has 2 N–H and O–H groups in total. The van der Waals surface area contributed by atoms with Gasteiger partial charge in [0.15, 0.2) is 0 Å². The Balaban J connectivity index is 2.21. The molecular weight excluding hydrogens is 266 g/mol. The van der Waals surface area contributed by atoms with Crippen molar-refractivity contribution < 1.29 is 14.6 Å². The van der Waals surface area contributed by atoms with Crippen LogP contribution in [-0.2, 0) is 6.54 Å². The number of aromatic hydroxyl groups is 1. The first-order chi connectivity index (χ1) is 10.0. The lowest BCUT2D eigenvalue weighted by Crippen LogP contribution is -2.03. The van der Waals surface area contributed by atoms with Crippen molar-refractivity contribution in [3.8, 4) is 17.2 Å². The maximum Gasteiger partial charge on any atom is 0.124 e. The number of anilines is 1. The van der Waals surface area contributed by atoms with E-state index in [4.69, 9.17) is 9.47 Å². The molecule has 0 radical (unpaired) electrons. The summed E-state index contributed by atoms with van der Waals surface area (Å²) in [5.41, 5.74) is 3.86. The molecule has 112 valence electrons. The fraction of sp³-hybridized carbons (Fsp3) is 0.294. The topological polar surface area (TPSA) is 50.7 Å². The van der Waals surface area contributed by atoms with Crippen LogP contribution in [0.1, 0.15) is 16.7 Å². The molecule has 0 aromatic heterocycles. The van der Waals surface area contributed by atoms with Crippen LogP contribution in [0.15, 0.2) is 30.3 Å². The van der Waals surface area contributed by atoms with Gasteiger partial charge in [-0.05, 0) is 55.3 Å². The number of methoxy groups -OCH3 is 2. The summed E-state index contributed by atoms with van der Waals surface area (Å²) in [5.74, 6) is 1.93. The molecule has 2 aromatic rings. The van der Waals surface area contributed by atoms with Crippen LogP contribution in [-0.4, -0.2) is 19.3 Å². The Morgan fingerprint density at radius 1 is 1.00 bits per heavy atom. The molecule has 0 amide bonds. The van der Waals surface area contributed by atoms with Gasteiger partial charge in [-0.15, -0.1) is 0 Å². The zero-order valence-electron chi connectivity index (χ0n) is 12.9. The Labute approximate surface area is 125 Å². The zero-order chi connectivity index (χ0) is 15.4. The van der Waals surface area contributed by atoms with Crippen molar-refractivity contribution in [1.29, 1.82) is 0 Å². The van der Waals surface area contributed by atoms with Crippen molar-refractivity contribution in [2.75, 3.05) is 19.5 Å². The van der Waals surface area contributed by atoms with Crippen LogP contribution < -0.4 is 14.8 Å². The summed E-state index contributed by atoms with van der Waals surface area (Å²) in [6.07, 6.45) is 0. The summed E-state index contributed by atoms with van der Waals surface area (Å²) in [5, 5.41) is 13.1. The molecule has 0 heterocycles. The Hall–Kier alpha value is -2.36. The Morgan fingerprint density at radius 2 is 1.76 bits per heavy atom. The summed E-state index contributed by atoms with van der Waals surface area (Å²) in [6.45, 7) is 4.46. The van der Waals surface area contributed by atoms with E-state index >= 15 is 0 Å². The lowest BCUT2D eigenvalue weighted by molar-refractivity contribution is 0.399. The second-order valence-corrected chi connectivity index (χ2v) is 4.98. The third-order valence-electron chi connectivity index (χ3n) is 3.50. The van der Waals surface area contributed by atoms with Crippen molar-refractivity contribution in [1.82, 2.24) is 0 Å². The highest BCUT2D eigenvalue weighted by Crippen LogP contribution is 2.28. The number of ether oxygens (including phenoxy) is 2. The predicted molar refractivity (Wildman–Crippen MR) is 84.5 cm³/mol. The molecule has 2 aromatic carbocycles. The van der Waals surface area contributed by atoms with Gasteiger partial charge in [0, 0.05) is 17.8 Å². The van der Waals surface area contributed by atoms with Crippen molar-refractivity contribution in [3.63, 3.8) is 0 Å². The maximum absolute atomic E-state index is 9.70. The number of hydrogen-bond acceptors (Lipinski definition) is 4. The van der Waals surface area contributed by atoms with Crippen LogP contribution in [0.4, 0.5) is 5.69 Å². The van der Waals surface area contributed by atoms with Crippen LogP contribution in [0.2, 0.25) is 0 Å². The number of nitrogens with one attached hydrogen (secondary N) is 1. The molecule has 2 rings (SSSR count).